The molecule has 202 valence electrons. The number of aliphatic hydroxyl groups is 1. The third-order valence-electron chi connectivity index (χ3n) is 7.10. The van der Waals surface area contributed by atoms with Crippen LogP contribution in [0.15, 0.2) is 24.3 Å². The van der Waals surface area contributed by atoms with Crippen LogP contribution in [0, 0.1) is 41.0 Å². The van der Waals surface area contributed by atoms with E-state index < -0.39 is 34.6 Å². The molecule has 7 heteroatoms. The molecule has 0 radical (unpaired) electrons. The van der Waals surface area contributed by atoms with E-state index in [9.17, 15) is 22.7 Å². The van der Waals surface area contributed by atoms with Gasteiger partial charge in [0.1, 0.15) is 0 Å². The summed E-state index contributed by atoms with van der Waals surface area (Å²) in [6.07, 6.45) is 3.43. The van der Waals surface area contributed by atoms with Crippen LogP contribution in [0.1, 0.15) is 72.8 Å². The average Bonchev–Trinajstić information content (AvgIpc) is 2.85. The molecule has 2 aromatic rings. The van der Waals surface area contributed by atoms with Gasteiger partial charge in [0.25, 0.3) is 0 Å². The van der Waals surface area contributed by atoms with Crippen molar-refractivity contribution in [2.24, 2.45) is 17.8 Å². The van der Waals surface area contributed by atoms with Crippen LogP contribution in [0.25, 0.3) is 11.1 Å². The average molecular weight is 513 g/mol. The highest BCUT2D eigenvalue weighted by atomic mass is 19.2. The first kappa shape index (κ1) is 30.1. The molecule has 0 heterocycles. The van der Waals surface area contributed by atoms with Gasteiger partial charge in [-0.25, -0.2) is 13.2 Å². The SMILES string of the molecule is CCOc1ccc(-c2ccc(CCC(C)(O)OCC(C)C(C)CCC(C)CC)c(F)c2F)c(F)c1F. The molecule has 4 unspecified atom stereocenters. The third kappa shape index (κ3) is 7.94. The topological polar surface area (TPSA) is 38.7 Å². The Morgan fingerprint density at radius 3 is 2.06 bits per heavy atom. The molecule has 4 atom stereocenters. The van der Waals surface area contributed by atoms with Gasteiger partial charge in [0.05, 0.1) is 13.2 Å². The molecule has 2 rings (SSSR count). The maximum atomic E-state index is 14.8. The predicted molar refractivity (Wildman–Crippen MR) is 135 cm³/mol. The first-order valence-corrected chi connectivity index (χ1v) is 12.9. The van der Waals surface area contributed by atoms with E-state index in [0.717, 1.165) is 25.3 Å². The summed E-state index contributed by atoms with van der Waals surface area (Å²) < 4.78 is 69.1. The maximum absolute atomic E-state index is 14.8. The molecule has 1 N–H and O–H groups in total. The van der Waals surface area contributed by atoms with Crippen LogP contribution in [0.5, 0.6) is 5.75 Å². The Kier molecular flexibility index (Phi) is 11.2. The lowest BCUT2D eigenvalue weighted by molar-refractivity contribution is -0.202. The van der Waals surface area contributed by atoms with E-state index >= 15 is 0 Å². The number of benzene rings is 2. The van der Waals surface area contributed by atoms with E-state index in [2.05, 4.69) is 27.7 Å². The van der Waals surface area contributed by atoms with Gasteiger partial charge in [-0.15, -0.1) is 0 Å². The van der Waals surface area contributed by atoms with Crippen molar-refractivity contribution in [3.8, 4) is 16.9 Å². The van der Waals surface area contributed by atoms with Gasteiger partial charge in [0.15, 0.2) is 29.0 Å². The Labute approximate surface area is 212 Å². The highest BCUT2D eigenvalue weighted by molar-refractivity contribution is 5.66. The number of hydrogen-bond acceptors (Lipinski definition) is 3. The summed E-state index contributed by atoms with van der Waals surface area (Å²) in [6.45, 7) is 12.3. The number of aryl methyl sites for hydroxylation is 1. The van der Waals surface area contributed by atoms with Crippen molar-refractivity contribution in [2.75, 3.05) is 13.2 Å². The van der Waals surface area contributed by atoms with Crippen LogP contribution in [0.3, 0.4) is 0 Å². The Morgan fingerprint density at radius 2 is 1.44 bits per heavy atom. The first-order chi connectivity index (χ1) is 16.9. The van der Waals surface area contributed by atoms with Crippen LogP contribution in [0.4, 0.5) is 17.6 Å². The van der Waals surface area contributed by atoms with Crippen LogP contribution in [-0.2, 0) is 11.2 Å². The summed E-state index contributed by atoms with van der Waals surface area (Å²) in [4.78, 5) is 0. The zero-order chi connectivity index (χ0) is 27.0. The molecule has 0 fully saturated rings. The Hall–Kier alpha value is -2.12. The Bertz CT molecular complexity index is 993. The van der Waals surface area contributed by atoms with Crippen molar-refractivity contribution in [3.63, 3.8) is 0 Å². The van der Waals surface area contributed by atoms with E-state index in [0.29, 0.717) is 18.4 Å². The van der Waals surface area contributed by atoms with Crippen LogP contribution >= 0.6 is 0 Å². The number of rotatable bonds is 14. The minimum Gasteiger partial charge on any atom is -0.491 e. The molecule has 36 heavy (non-hydrogen) atoms. The molecule has 0 aliphatic carbocycles. The second kappa shape index (κ2) is 13.4. The molecule has 0 spiro atoms. The summed E-state index contributed by atoms with van der Waals surface area (Å²) in [6, 6.07) is 4.87. The van der Waals surface area contributed by atoms with E-state index in [1.807, 2.05) is 0 Å². The summed E-state index contributed by atoms with van der Waals surface area (Å²) in [5.41, 5.74) is -0.772. The number of halogens is 4. The van der Waals surface area contributed by atoms with Crippen LogP contribution in [0.2, 0.25) is 0 Å². The van der Waals surface area contributed by atoms with Crippen molar-refractivity contribution in [2.45, 2.75) is 79.4 Å². The van der Waals surface area contributed by atoms with Gasteiger partial charge in [0.2, 0.25) is 5.82 Å². The van der Waals surface area contributed by atoms with Gasteiger partial charge < -0.3 is 14.6 Å². The lowest BCUT2D eigenvalue weighted by Gasteiger charge is -2.28. The smallest absolute Gasteiger partial charge is 0.201 e. The van der Waals surface area contributed by atoms with Crippen molar-refractivity contribution >= 4 is 0 Å². The van der Waals surface area contributed by atoms with E-state index in [1.165, 1.54) is 25.1 Å². The molecule has 2 aromatic carbocycles. The van der Waals surface area contributed by atoms with Crippen molar-refractivity contribution in [1.82, 2.24) is 0 Å². The van der Waals surface area contributed by atoms with Gasteiger partial charge in [-0.3, -0.25) is 0 Å². The minimum absolute atomic E-state index is 0.00804. The number of ether oxygens (including phenoxy) is 2. The normalized spacial score (nSPS) is 15.9. The predicted octanol–water partition coefficient (Wildman–Crippen LogP) is 8.06. The second-order valence-corrected chi connectivity index (χ2v) is 10.1. The first-order valence-electron chi connectivity index (χ1n) is 12.9. The van der Waals surface area contributed by atoms with Gasteiger partial charge in [-0.1, -0.05) is 59.1 Å². The molecule has 0 bridgehead atoms. The molecule has 0 aliphatic heterocycles. The van der Waals surface area contributed by atoms with Crippen molar-refractivity contribution < 1.29 is 32.1 Å². The standard InChI is InChI=1S/C29H40F4O3/c1-7-18(3)9-10-19(4)20(5)17-36-29(6,34)16-15-21-11-12-22(26(31)25(21)30)23-13-14-24(35-8-2)28(33)27(23)32/h11-14,18-20,34H,7-10,15-17H2,1-6H3. The zero-order valence-electron chi connectivity index (χ0n) is 22.3. The van der Waals surface area contributed by atoms with E-state index in [-0.39, 0.29) is 42.2 Å². The molecular formula is C29H40F4O3. The maximum Gasteiger partial charge on any atom is 0.201 e. The van der Waals surface area contributed by atoms with Gasteiger partial charge >= 0.3 is 0 Å². The molecule has 0 aliphatic rings. The summed E-state index contributed by atoms with van der Waals surface area (Å²) >= 11 is 0. The fourth-order valence-corrected chi connectivity index (χ4v) is 3.95. The fourth-order valence-electron chi connectivity index (χ4n) is 3.95. The van der Waals surface area contributed by atoms with E-state index in [1.54, 1.807) is 6.92 Å². The highest BCUT2D eigenvalue weighted by Crippen LogP contribution is 2.33. The lowest BCUT2D eigenvalue weighted by atomic mass is 9.88. The Balaban J connectivity index is 2.03. The van der Waals surface area contributed by atoms with Gasteiger partial charge in [0, 0.05) is 17.5 Å². The fraction of sp³-hybridized carbons (Fsp3) is 0.586. The molecule has 3 nitrogen and oxygen atoms in total. The van der Waals surface area contributed by atoms with Crippen molar-refractivity contribution in [3.05, 3.63) is 53.1 Å². The molecular weight excluding hydrogens is 472 g/mol. The lowest BCUT2D eigenvalue weighted by Crippen LogP contribution is -2.32. The highest BCUT2D eigenvalue weighted by Gasteiger charge is 2.26. The molecule has 0 saturated carbocycles. The number of hydrogen-bond donors (Lipinski definition) is 1. The molecule has 0 aromatic heterocycles. The van der Waals surface area contributed by atoms with Gasteiger partial charge in [-0.2, -0.15) is 4.39 Å². The largest absolute Gasteiger partial charge is 0.491 e. The minimum atomic E-state index is -1.52. The quantitative estimate of drug-likeness (QED) is 0.205. The second-order valence-electron chi connectivity index (χ2n) is 10.1. The zero-order valence-corrected chi connectivity index (χ0v) is 22.3. The van der Waals surface area contributed by atoms with Crippen LogP contribution in [-0.4, -0.2) is 24.1 Å². The molecule has 0 amide bonds. The Morgan fingerprint density at radius 1 is 0.833 bits per heavy atom. The summed E-state index contributed by atoms with van der Waals surface area (Å²) in [5.74, 6) is -5.47. The monoisotopic (exact) mass is 512 g/mol. The third-order valence-corrected chi connectivity index (χ3v) is 7.10. The van der Waals surface area contributed by atoms with Crippen molar-refractivity contribution in [1.29, 1.82) is 0 Å². The van der Waals surface area contributed by atoms with E-state index in [4.69, 9.17) is 9.47 Å². The summed E-state index contributed by atoms with van der Waals surface area (Å²) in [7, 11) is 0. The molecule has 0 saturated heterocycles. The summed E-state index contributed by atoms with van der Waals surface area (Å²) in [5, 5.41) is 10.7. The van der Waals surface area contributed by atoms with Crippen LogP contribution < -0.4 is 4.74 Å². The van der Waals surface area contributed by atoms with Gasteiger partial charge in [-0.05, 0) is 55.7 Å².